The lowest BCUT2D eigenvalue weighted by molar-refractivity contribution is -0.139. The van der Waals surface area contributed by atoms with Crippen LogP contribution in [-0.2, 0) is 11.8 Å². The summed E-state index contributed by atoms with van der Waals surface area (Å²) in [6.45, 7) is 1.49. The fourth-order valence-electron chi connectivity index (χ4n) is 4.61. The van der Waals surface area contributed by atoms with Gasteiger partial charge in [-0.1, -0.05) is 25.3 Å². The van der Waals surface area contributed by atoms with E-state index in [-0.39, 0.29) is 18.2 Å². The number of pyridine rings is 1. The van der Waals surface area contributed by atoms with Gasteiger partial charge in [0.2, 0.25) is 5.91 Å². The topological polar surface area (TPSA) is 71.2 Å². The van der Waals surface area contributed by atoms with Crippen molar-refractivity contribution in [2.24, 2.45) is 7.05 Å². The first-order valence-electron chi connectivity index (χ1n) is 10.5. The number of carbonyl (C=O) groups excluding carboxylic acids is 1. The van der Waals surface area contributed by atoms with Crippen LogP contribution in [0.5, 0.6) is 0 Å². The smallest absolute Gasteiger partial charge is 0.225 e. The van der Waals surface area contributed by atoms with Gasteiger partial charge >= 0.3 is 0 Å². The number of hydrogen-bond donors (Lipinski definition) is 1. The van der Waals surface area contributed by atoms with Crippen molar-refractivity contribution in [3.63, 3.8) is 0 Å². The number of amides is 1. The van der Waals surface area contributed by atoms with Crippen molar-refractivity contribution in [3.05, 3.63) is 36.4 Å². The molecule has 4 rings (SSSR count). The number of piperidine rings is 1. The maximum Gasteiger partial charge on any atom is 0.225 e. The van der Waals surface area contributed by atoms with Crippen LogP contribution in [-0.4, -0.2) is 49.4 Å². The lowest BCUT2D eigenvalue weighted by Gasteiger charge is -2.37. The highest BCUT2D eigenvalue weighted by atomic mass is 16.3. The second kappa shape index (κ2) is 8.03. The van der Waals surface area contributed by atoms with Crippen LogP contribution in [0.25, 0.3) is 11.1 Å². The summed E-state index contributed by atoms with van der Waals surface area (Å²) in [6, 6.07) is 4.17. The maximum atomic E-state index is 12.8. The second-order valence-corrected chi connectivity index (χ2v) is 8.52. The molecule has 6 heteroatoms. The molecule has 28 heavy (non-hydrogen) atoms. The van der Waals surface area contributed by atoms with Crippen molar-refractivity contribution in [2.45, 2.75) is 62.9 Å². The first kappa shape index (κ1) is 19.1. The third-order valence-electron chi connectivity index (χ3n) is 6.28. The Bertz CT molecular complexity index is 808. The highest BCUT2D eigenvalue weighted by Gasteiger charge is 2.35. The Balaban J connectivity index is 1.40. The molecule has 1 aliphatic heterocycles. The summed E-state index contributed by atoms with van der Waals surface area (Å²) in [5.41, 5.74) is 2.37. The minimum absolute atomic E-state index is 0.0982. The van der Waals surface area contributed by atoms with Crippen LogP contribution in [0.15, 0.2) is 30.7 Å². The third-order valence-corrected chi connectivity index (χ3v) is 6.28. The van der Waals surface area contributed by atoms with Crippen molar-refractivity contribution >= 4 is 5.91 Å². The normalized spacial score (nSPS) is 22.2. The van der Waals surface area contributed by atoms with Crippen LogP contribution in [0.2, 0.25) is 0 Å². The molecule has 2 aromatic heterocycles. The highest BCUT2D eigenvalue weighted by molar-refractivity contribution is 5.77. The molecule has 2 fully saturated rings. The molecule has 1 aliphatic carbocycles. The van der Waals surface area contributed by atoms with E-state index in [4.69, 9.17) is 0 Å². The van der Waals surface area contributed by atoms with Crippen LogP contribution in [0, 0.1) is 0 Å². The number of aliphatic hydroxyl groups is 1. The SMILES string of the molecule is Cn1cc(-c2ccc([C@@H]3CCCN(C(=O)CC4(O)CCCCC4)C3)nc2)cn1. The molecule has 1 amide bonds. The van der Waals surface area contributed by atoms with Gasteiger partial charge in [0.25, 0.3) is 0 Å². The minimum atomic E-state index is -0.786. The summed E-state index contributed by atoms with van der Waals surface area (Å²) in [5, 5.41) is 14.9. The van der Waals surface area contributed by atoms with Gasteiger partial charge in [0.15, 0.2) is 0 Å². The van der Waals surface area contributed by atoms with E-state index in [1.165, 1.54) is 6.42 Å². The summed E-state index contributed by atoms with van der Waals surface area (Å²) >= 11 is 0. The second-order valence-electron chi connectivity index (χ2n) is 8.52. The summed E-state index contributed by atoms with van der Waals surface area (Å²) < 4.78 is 1.79. The molecule has 2 aromatic rings. The van der Waals surface area contributed by atoms with Crippen LogP contribution in [0.4, 0.5) is 0 Å². The third kappa shape index (κ3) is 4.27. The molecular weight excluding hydrogens is 352 g/mol. The van der Waals surface area contributed by atoms with E-state index in [1.54, 1.807) is 4.68 Å². The van der Waals surface area contributed by atoms with Gasteiger partial charge in [-0.15, -0.1) is 0 Å². The van der Waals surface area contributed by atoms with Crippen molar-refractivity contribution in [3.8, 4) is 11.1 Å². The standard InChI is InChI=1S/C22H30N4O2/c1-25-15-19(14-24-25)17-7-8-20(23-13-17)18-6-5-11-26(16-18)21(27)12-22(28)9-3-2-4-10-22/h7-8,13-15,18,28H,2-6,9-12,16H2,1H3/t18-/m1/s1. The zero-order valence-electron chi connectivity index (χ0n) is 16.7. The number of carbonyl (C=O) groups is 1. The molecule has 2 aliphatic rings. The average molecular weight is 383 g/mol. The van der Waals surface area contributed by atoms with Gasteiger partial charge in [0.1, 0.15) is 0 Å². The molecule has 3 heterocycles. The van der Waals surface area contributed by atoms with Crippen LogP contribution in [0.1, 0.15) is 63.0 Å². The quantitative estimate of drug-likeness (QED) is 0.881. The molecule has 6 nitrogen and oxygen atoms in total. The van der Waals surface area contributed by atoms with E-state index in [9.17, 15) is 9.90 Å². The van der Waals surface area contributed by atoms with E-state index in [0.717, 1.165) is 61.9 Å². The zero-order valence-corrected chi connectivity index (χ0v) is 16.7. The molecule has 1 saturated heterocycles. The van der Waals surface area contributed by atoms with Crippen molar-refractivity contribution < 1.29 is 9.90 Å². The fraction of sp³-hybridized carbons (Fsp3) is 0.591. The van der Waals surface area contributed by atoms with Gasteiger partial charge in [-0.2, -0.15) is 5.10 Å². The molecule has 0 bridgehead atoms. The lowest BCUT2D eigenvalue weighted by atomic mass is 9.82. The number of likely N-dealkylation sites (tertiary alicyclic amines) is 1. The first-order chi connectivity index (χ1) is 13.5. The van der Waals surface area contributed by atoms with E-state index in [0.29, 0.717) is 6.54 Å². The Morgan fingerprint density at radius 3 is 2.68 bits per heavy atom. The Labute approximate surface area is 166 Å². The summed E-state index contributed by atoms with van der Waals surface area (Å²) in [4.78, 5) is 19.5. The number of aryl methyl sites for hydroxylation is 1. The van der Waals surface area contributed by atoms with Gasteiger partial charge in [-0.05, 0) is 31.7 Å². The molecule has 0 spiro atoms. The van der Waals surface area contributed by atoms with Crippen molar-refractivity contribution in [1.29, 1.82) is 0 Å². The summed E-state index contributed by atoms with van der Waals surface area (Å²) in [6.07, 6.45) is 12.8. The van der Waals surface area contributed by atoms with Crippen molar-refractivity contribution in [1.82, 2.24) is 19.7 Å². The molecule has 0 aromatic carbocycles. The summed E-state index contributed by atoms with van der Waals surface area (Å²) in [7, 11) is 1.91. The van der Waals surface area contributed by atoms with Gasteiger partial charge in [0, 0.05) is 55.3 Å². The molecule has 1 N–H and O–H groups in total. The number of nitrogens with zero attached hydrogens (tertiary/aromatic N) is 4. The number of aromatic nitrogens is 3. The van der Waals surface area contributed by atoms with Crippen LogP contribution < -0.4 is 0 Å². The van der Waals surface area contributed by atoms with Crippen LogP contribution in [0.3, 0.4) is 0 Å². The lowest BCUT2D eigenvalue weighted by Crippen LogP contribution is -2.44. The largest absolute Gasteiger partial charge is 0.389 e. The van der Waals surface area contributed by atoms with Gasteiger partial charge < -0.3 is 10.0 Å². The Morgan fingerprint density at radius 1 is 1.18 bits per heavy atom. The van der Waals surface area contributed by atoms with E-state index in [1.807, 2.05) is 30.5 Å². The highest BCUT2D eigenvalue weighted by Crippen LogP contribution is 2.33. The molecule has 1 atom stereocenters. The predicted octanol–water partition coefficient (Wildman–Crippen LogP) is 3.27. The Kier molecular flexibility index (Phi) is 5.49. The van der Waals surface area contributed by atoms with Crippen LogP contribution >= 0.6 is 0 Å². The van der Waals surface area contributed by atoms with Crippen molar-refractivity contribution in [2.75, 3.05) is 13.1 Å². The van der Waals surface area contributed by atoms with Gasteiger partial charge in [0.05, 0.1) is 18.2 Å². The molecular formula is C22H30N4O2. The first-order valence-corrected chi connectivity index (χ1v) is 10.5. The molecule has 0 radical (unpaired) electrons. The predicted molar refractivity (Wildman–Crippen MR) is 108 cm³/mol. The Morgan fingerprint density at radius 2 is 2.00 bits per heavy atom. The molecule has 150 valence electrons. The molecule has 0 unspecified atom stereocenters. The van der Waals surface area contributed by atoms with Gasteiger partial charge in [-0.3, -0.25) is 14.5 Å². The fourth-order valence-corrected chi connectivity index (χ4v) is 4.61. The van der Waals surface area contributed by atoms with E-state index in [2.05, 4.69) is 22.2 Å². The zero-order chi connectivity index (χ0) is 19.6. The van der Waals surface area contributed by atoms with Gasteiger partial charge in [-0.25, -0.2) is 0 Å². The number of rotatable bonds is 4. The minimum Gasteiger partial charge on any atom is -0.389 e. The monoisotopic (exact) mass is 382 g/mol. The van der Waals surface area contributed by atoms with E-state index >= 15 is 0 Å². The molecule has 1 saturated carbocycles. The Hall–Kier alpha value is -2.21. The number of hydrogen-bond acceptors (Lipinski definition) is 4. The van der Waals surface area contributed by atoms with E-state index < -0.39 is 5.60 Å². The summed E-state index contributed by atoms with van der Waals surface area (Å²) in [5.74, 6) is 0.364. The average Bonchev–Trinajstić information content (AvgIpc) is 3.15. The maximum absolute atomic E-state index is 12.8.